The number of ether oxygens (including phenoxy) is 1. The Morgan fingerprint density at radius 2 is 2.05 bits per heavy atom. The van der Waals surface area contributed by atoms with Gasteiger partial charge in [0, 0.05) is 24.8 Å². The van der Waals surface area contributed by atoms with Crippen molar-refractivity contribution < 1.29 is 9.84 Å². The number of aliphatic hydroxyl groups excluding tert-OH is 1. The van der Waals surface area contributed by atoms with Gasteiger partial charge in [0.05, 0.1) is 6.10 Å². The van der Waals surface area contributed by atoms with Gasteiger partial charge in [0.2, 0.25) is 0 Å². The Bertz CT molecular complexity index is 388. The lowest BCUT2D eigenvalue weighted by atomic mass is 10.1. The van der Waals surface area contributed by atoms with Crippen LogP contribution in [-0.4, -0.2) is 23.9 Å². The first-order valence-electron chi connectivity index (χ1n) is 7.88. The van der Waals surface area contributed by atoms with Crippen LogP contribution < -0.4 is 10.1 Å². The van der Waals surface area contributed by atoms with Crippen LogP contribution in [0.15, 0.2) is 24.3 Å². The van der Waals surface area contributed by atoms with Crippen molar-refractivity contribution in [3.63, 3.8) is 0 Å². The molecule has 0 saturated heterocycles. The van der Waals surface area contributed by atoms with Crippen LogP contribution in [0.3, 0.4) is 0 Å². The molecule has 1 unspecified atom stereocenters. The maximum absolute atomic E-state index is 8.86. The van der Waals surface area contributed by atoms with E-state index in [4.69, 9.17) is 9.84 Å². The standard InChI is InChI=1S/C17H27NO2/c1-14(7-6-12-19)18-13-15-8-2-5-11-17(15)20-16-9-3-4-10-16/h2,5,8,11,14,16,18-19H,3-4,6-7,9-10,12-13H2,1H3. The van der Waals surface area contributed by atoms with Gasteiger partial charge in [-0.1, -0.05) is 18.2 Å². The zero-order valence-corrected chi connectivity index (χ0v) is 12.5. The van der Waals surface area contributed by atoms with Crippen LogP contribution in [0, 0.1) is 0 Å². The predicted octanol–water partition coefficient (Wildman–Crippen LogP) is 3.26. The summed E-state index contributed by atoms with van der Waals surface area (Å²) in [6, 6.07) is 8.74. The van der Waals surface area contributed by atoms with Gasteiger partial charge in [-0.3, -0.25) is 0 Å². The minimum Gasteiger partial charge on any atom is -0.490 e. The van der Waals surface area contributed by atoms with Crippen LogP contribution in [0.25, 0.3) is 0 Å². The van der Waals surface area contributed by atoms with E-state index in [0.717, 1.165) is 25.1 Å². The van der Waals surface area contributed by atoms with Crippen molar-refractivity contribution in [2.24, 2.45) is 0 Å². The molecule has 3 heteroatoms. The smallest absolute Gasteiger partial charge is 0.124 e. The molecule has 0 spiro atoms. The Hall–Kier alpha value is -1.06. The summed E-state index contributed by atoms with van der Waals surface area (Å²) < 4.78 is 6.14. The lowest BCUT2D eigenvalue weighted by Gasteiger charge is -2.18. The van der Waals surface area contributed by atoms with Gasteiger partial charge in [0.25, 0.3) is 0 Å². The molecular formula is C17H27NO2. The van der Waals surface area contributed by atoms with Gasteiger partial charge < -0.3 is 15.2 Å². The Morgan fingerprint density at radius 1 is 1.30 bits per heavy atom. The van der Waals surface area contributed by atoms with Crippen molar-refractivity contribution in [3.8, 4) is 5.75 Å². The second kappa shape index (κ2) is 8.28. The predicted molar refractivity (Wildman–Crippen MR) is 81.9 cm³/mol. The van der Waals surface area contributed by atoms with Gasteiger partial charge in [0.15, 0.2) is 0 Å². The molecule has 1 aromatic rings. The van der Waals surface area contributed by atoms with Crippen LogP contribution in [-0.2, 0) is 6.54 Å². The van der Waals surface area contributed by atoms with E-state index in [-0.39, 0.29) is 6.61 Å². The van der Waals surface area contributed by atoms with Gasteiger partial charge in [-0.25, -0.2) is 0 Å². The van der Waals surface area contributed by atoms with E-state index >= 15 is 0 Å². The minimum absolute atomic E-state index is 0.271. The number of rotatable bonds is 8. The van der Waals surface area contributed by atoms with Gasteiger partial charge in [-0.15, -0.1) is 0 Å². The summed E-state index contributed by atoms with van der Waals surface area (Å²) in [5, 5.41) is 12.4. The molecule has 0 aliphatic heterocycles. The van der Waals surface area contributed by atoms with E-state index in [1.54, 1.807) is 0 Å². The minimum atomic E-state index is 0.271. The number of aliphatic hydroxyl groups is 1. The van der Waals surface area contributed by atoms with E-state index in [1.165, 1.54) is 31.2 Å². The van der Waals surface area contributed by atoms with Crippen LogP contribution in [0.1, 0.15) is 51.0 Å². The average Bonchev–Trinajstić information content (AvgIpc) is 2.97. The molecule has 1 aromatic carbocycles. The topological polar surface area (TPSA) is 41.5 Å². The van der Waals surface area contributed by atoms with Crippen molar-refractivity contribution in [2.45, 2.75) is 64.1 Å². The number of hydrogen-bond donors (Lipinski definition) is 2. The van der Waals surface area contributed by atoms with Gasteiger partial charge in [0.1, 0.15) is 5.75 Å². The summed E-state index contributed by atoms with van der Waals surface area (Å²) in [5.74, 6) is 1.03. The lowest BCUT2D eigenvalue weighted by Crippen LogP contribution is -2.26. The number of benzene rings is 1. The Morgan fingerprint density at radius 3 is 2.80 bits per heavy atom. The number of nitrogens with one attached hydrogen (secondary N) is 1. The maximum Gasteiger partial charge on any atom is 0.124 e. The third kappa shape index (κ3) is 4.80. The Labute approximate surface area is 122 Å². The highest BCUT2D eigenvalue weighted by atomic mass is 16.5. The van der Waals surface area contributed by atoms with E-state index < -0.39 is 0 Å². The average molecular weight is 277 g/mol. The van der Waals surface area contributed by atoms with Crippen molar-refractivity contribution in [3.05, 3.63) is 29.8 Å². The molecule has 1 aliphatic rings. The quantitative estimate of drug-likeness (QED) is 0.766. The fourth-order valence-corrected chi connectivity index (χ4v) is 2.73. The van der Waals surface area contributed by atoms with Crippen LogP contribution in [0.5, 0.6) is 5.75 Å². The summed E-state index contributed by atoms with van der Waals surface area (Å²) in [6.07, 6.45) is 7.23. The van der Waals surface area contributed by atoms with E-state index in [2.05, 4.69) is 30.4 Å². The van der Waals surface area contributed by atoms with E-state index in [9.17, 15) is 0 Å². The fraction of sp³-hybridized carbons (Fsp3) is 0.647. The third-order valence-electron chi connectivity index (χ3n) is 4.00. The molecule has 1 saturated carbocycles. The van der Waals surface area contributed by atoms with Crippen molar-refractivity contribution in [2.75, 3.05) is 6.61 Å². The van der Waals surface area contributed by atoms with Crippen LogP contribution in [0.2, 0.25) is 0 Å². The molecule has 0 bridgehead atoms. The first kappa shape index (κ1) is 15.3. The molecule has 1 aliphatic carbocycles. The molecule has 0 radical (unpaired) electrons. The molecule has 1 fully saturated rings. The van der Waals surface area contributed by atoms with Gasteiger partial charge in [-0.2, -0.15) is 0 Å². The molecular weight excluding hydrogens is 250 g/mol. The summed E-state index contributed by atoms with van der Waals surface area (Å²) >= 11 is 0. The SMILES string of the molecule is CC(CCCO)NCc1ccccc1OC1CCCC1. The molecule has 2 rings (SSSR count). The zero-order chi connectivity index (χ0) is 14.2. The Kier molecular flexibility index (Phi) is 6.34. The maximum atomic E-state index is 8.86. The highest BCUT2D eigenvalue weighted by Gasteiger charge is 2.17. The summed E-state index contributed by atoms with van der Waals surface area (Å²) in [4.78, 5) is 0. The normalized spacial score (nSPS) is 17.3. The molecule has 3 nitrogen and oxygen atoms in total. The second-order valence-corrected chi connectivity index (χ2v) is 5.78. The van der Waals surface area contributed by atoms with E-state index in [1.807, 2.05) is 6.07 Å². The fourth-order valence-electron chi connectivity index (χ4n) is 2.73. The summed E-state index contributed by atoms with van der Waals surface area (Å²) in [5.41, 5.74) is 1.23. The van der Waals surface area contributed by atoms with Crippen LogP contribution >= 0.6 is 0 Å². The Balaban J connectivity index is 1.86. The zero-order valence-electron chi connectivity index (χ0n) is 12.5. The molecule has 0 aromatic heterocycles. The highest BCUT2D eigenvalue weighted by molar-refractivity contribution is 5.33. The number of para-hydroxylation sites is 1. The third-order valence-corrected chi connectivity index (χ3v) is 4.00. The first-order chi connectivity index (χ1) is 9.79. The van der Waals surface area contributed by atoms with Crippen LogP contribution in [0.4, 0.5) is 0 Å². The van der Waals surface area contributed by atoms with Gasteiger partial charge >= 0.3 is 0 Å². The number of hydrogen-bond acceptors (Lipinski definition) is 3. The molecule has 20 heavy (non-hydrogen) atoms. The van der Waals surface area contributed by atoms with Crippen molar-refractivity contribution >= 4 is 0 Å². The van der Waals surface area contributed by atoms with Crippen molar-refractivity contribution in [1.82, 2.24) is 5.32 Å². The van der Waals surface area contributed by atoms with Crippen molar-refractivity contribution in [1.29, 1.82) is 0 Å². The first-order valence-corrected chi connectivity index (χ1v) is 7.88. The summed E-state index contributed by atoms with van der Waals surface area (Å²) in [6.45, 7) is 3.26. The van der Waals surface area contributed by atoms with E-state index in [0.29, 0.717) is 12.1 Å². The molecule has 2 N–H and O–H groups in total. The molecule has 1 atom stereocenters. The summed E-state index contributed by atoms with van der Waals surface area (Å²) in [7, 11) is 0. The highest BCUT2D eigenvalue weighted by Crippen LogP contribution is 2.26. The molecule has 0 amide bonds. The second-order valence-electron chi connectivity index (χ2n) is 5.78. The largest absolute Gasteiger partial charge is 0.490 e. The monoisotopic (exact) mass is 277 g/mol. The lowest BCUT2D eigenvalue weighted by molar-refractivity contribution is 0.207. The van der Waals surface area contributed by atoms with Gasteiger partial charge in [-0.05, 0) is 51.5 Å². The molecule has 112 valence electrons. The molecule has 0 heterocycles.